The van der Waals surface area contributed by atoms with Gasteiger partial charge in [-0.3, -0.25) is 9.69 Å². The minimum atomic E-state index is 0.0564. The Labute approximate surface area is 201 Å². The van der Waals surface area contributed by atoms with Gasteiger partial charge in [-0.1, -0.05) is 35.5 Å². The number of amides is 1. The molecule has 34 heavy (non-hydrogen) atoms. The number of aryl methyl sites for hydroxylation is 1. The highest BCUT2D eigenvalue weighted by atomic mass is 32.2. The van der Waals surface area contributed by atoms with Crippen molar-refractivity contribution >= 4 is 17.7 Å². The minimum absolute atomic E-state index is 0.0564. The maximum absolute atomic E-state index is 13.4. The fourth-order valence-corrected chi connectivity index (χ4v) is 4.92. The summed E-state index contributed by atoms with van der Waals surface area (Å²) >= 11 is 1.57. The molecule has 2 aromatic heterocycles. The van der Waals surface area contributed by atoms with Crippen LogP contribution in [0.5, 0.6) is 0 Å². The molecule has 0 unspecified atom stereocenters. The van der Waals surface area contributed by atoms with Gasteiger partial charge in [0.15, 0.2) is 11.6 Å². The van der Waals surface area contributed by atoms with E-state index >= 15 is 0 Å². The number of carbonyl (C=O) groups excluding carboxylic acids is 1. The monoisotopic (exact) mass is 475 g/mol. The van der Waals surface area contributed by atoms with Gasteiger partial charge in [0, 0.05) is 37.1 Å². The first kappa shape index (κ1) is 22.3. The average molecular weight is 476 g/mol. The van der Waals surface area contributed by atoms with Crippen molar-refractivity contribution in [3.63, 3.8) is 0 Å². The molecule has 174 valence electrons. The van der Waals surface area contributed by atoms with Gasteiger partial charge in [-0.2, -0.15) is 4.68 Å². The van der Waals surface area contributed by atoms with Crippen molar-refractivity contribution in [1.82, 2.24) is 35.2 Å². The molecule has 1 aliphatic rings. The standard InChI is InChI=1S/C24H25N7O2S/c1-18-15-20(33-26-18)16-29-11-13-30(14-12-29)24(32)21-9-5-6-10-22(21)34-17-23-25-27-28-31(23)19-7-3-2-4-8-19/h2-10,15H,11-14,16-17H2,1H3. The highest BCUT2D eigenvalue weighted by Crippen LogP contribution is 2.27. The molecule has 9 nitrogen and oxygen atoms in total. The first-order chi connectivity index (χ1) is 16.7. The van der Waals surface area contributed by atoms with Crippen LogP contribution in [0.3, 0.4) is 0 Å². The highest BCUT2D eigenvalue weighted by molar-refractivity contribution is 7.98. The quantitative estimate of drug-likeness (QED) is 0.376. The predicted molar refractivity (Wildman–Crippen MR) is 128 cm³/mol. The molecule has 0 spiro atoms. The Morgan fingerprint density at radius 3 is 2.56 bits per heavy atom. The average Bonchev–Trinajstić information content (AvgIpc) is 3.52. The van der Waals surface area contributed by atoms with E-state index in [1.165, 1.54) is 0 Å². The van der Waals surface area contributed by atoms with Crippen LogP contribution in [0.4, 0.5) is 0 Å². The lowest BCUT2D eigenvalue weighted by Gasteiger charge is -2.34. The largest absolute Gasteiger partial charge is 0.360 e. The van der Waals surface area contributed by atoms with Gasteiger partial charge in [0.05, 0.1) is 29.2 Å². The van der Waals surface area contributed by atoms with E-state index < -0.39 is 0 Å². The molecule has 4 aromatic rings. The van der Waals surface area contributed by atoms with E-state index in [0.29, 0.717) is 31.0 Å². The third-order valence-electron chi connectivity index (χ3n) is 5.72. The molecule has 3 heterocycles. The third-order valence-corrected chi connectivity index (χ3v) is 6.79. The maximum atomic E-state index is 13.4. The molecular weight excluding hydrogens is 450 g/mol. The maximum Gasteiger partial charge on any atom is 0.255 e. The molecule has 0 aliphatic carbocycles. The Bertz CT molecular complexity index is 1250. The van der Waals surface area contributed by atoms with E-state index in [4.69, 9.17) is 4.52 Å². The van der Waals surface area contributed by atoms with Crippen LogP contribution in [0, 0.1) is 6.92 Å². The molecule has 0 N–H and O–H groups in total. The second-order valence-corrected chi connectivity index (χ2v) is 9.15. The Kier molecular flexibility index (Phi) is 6.68. The zero-order valence-electron chi connectivity index (χ0n) is 18.9. The van der Waals surface area contributed by atoms with Gasteiger partial charge < -0.3 is 9.42 Å². The zero-order chi connectivity index (χ0) is 23.3. The van der Waals surface area contributed by atoms with Crippen LogP contribution in [-0.4, -0.2) is 67.2 Å². The molecule has 1 aliphatic heterocycles. The van der Waals surface area contributed by atoms with Crippen LogP contribution >= 0.6 is 11.8 Å². The molecule has 0 radical (unpaired) electrons. The molecule has 10 heteroatoms. The van der Waals surface area contributed by atoms with Gasteiger partial charge >= 0.3 is 0 Å². The van der Waals surface area contributed by atoms with Crippen molar-refractivity contribution in [3.05, 3.63) is 83.5 Å². The molecule has 0 atom stereocenters. The Balaban J connectivity index is 1.22. The summed E-state index contributed by atoms with van der Waals surface area (Å²) in [4.78, 5) is 18.5. The summed E-state index contributed by atoms with van der Waals surface area (Å²) in [6.07, 6.45) is 0. The van der Waals surface area contributed by atoms with E-state index in [2.05, 4.69) is 25.6 Å². The lowest BCUT2D eigenvalue weighted by Crippen LogP contribution is -2.48. The van der Waals surface area contributed by atoms with Gasteiger partial charge in [-0.05, 0) is 41.6 Å². The number of aromatic nitrogens is 5. The van der Waals surface area contributed by atoms with Gasteiger partial charge in [-0.25, -0.2) is 0 Å². The van der Waals surface area contributed by atoms with Crippen molar-refractivity contribution in [1.29, 1.82) is 0 Å². The lowest BCUT2D eigenvalue weighted by atomic mass is 10.1. The van der Waals surface area contributed by atoms with Crippen LogP contribution in [0.25, 0.3) is 5.69 Å². The number of piperazine rings is 1. The number of rotatable bonds is 7. The predicted octanol–water partition coefficient (Wildman–Crippen LogP) is 3.21. The van der Waals surface area contributed by atoms with E-state index in [0.717, 1.165) is 41.0 Å². The van der Waals surface area contributed by atoms with Crippen LogP contribution < -0.4 is 0 Å². The van der Waals surface area contributed by atoms with E-state index in [1.807, 2.05) is 72.5 Å². The Hall–Kier alpha value is -3.50. The third kappa shape index (κ3) is 5.02. The van der Waals surface area contributed by atoms with Crippen molar-refractivity contribution in [2.45, 2.75) is 24.1 Å². The van der Waals surface area contributed by atoms with Crippen molar-refractivity contribution in [2.75, 3.05) is 26.2 Å². The zero-order valence-corrected chi connectivity index (χ0v) is 19.7. The summed E-state index contributed by atoms with van der Waals surface area (Å²) < 4.78 is 7.06. The Morgan fingerprint density at radius 1 is 1.03 bits per heavy atom. The first-order valence-electron chi connectivity index (χ1n) is 11.2. The number of benzene rings is 2. The SMILES string of the molecule is Cc1cc(CN2CCN(C(=O)c3ccccc3SCc3nnnn3-c3ccccc3)CC2)on1. The molecule has 1 fully saturated rings. The Morgan fingerprint density at radius 2 is 1.79 bits per heavy atom. The number of thioether (sulfide) groups is 1. The van der Waals surface area contributed by atoms with Gasteiger partial charge in [0.1, 0.15) is 0 Å². The molecule has 0 saturated carbocycles. The molecular formula is C24H25N7O2S. The molecule has 1 saturated heterocycles. The number of tetrazole rings is 1. The van der Waals surface area contributed by atoms with Gasteiger partial charge in [0.2, 0.25) is 0 Å². The summed E-state index contributed by atoms with van der Waals surface area (Å²) in [6.45, 7) is 5.58. The number of nitrogens with zero attached hydrogens (tertiary/aromatic N) is 7. The number of hydrogen-bond donors (Lipinski definition) is 0. The van der Waals surface area contributed by atoms with E-state index in [9.17, 15) is 4.79 Å². The van der Waals surface area contributed by atoms with E-state index in [1.54, 1.807) is 16.4 Å². The summed E-state index contributed by atoms with van der Waals surface area (Å²) in [7, 11) is 0. The fraction of sp³-hybridized carbons (Fsp3) is 0.292. The van der Waals surface area contributed by atoms with Crippen LogP contribution in [-0.2, 0) is 12.3 Å². The summed E-state index contributed by atoms with van der Waals surface area (Å²) in [5.74, 6) is 2.20. The topological polar surface area (TPSA) is 93.2 Å². The van der Waals surface area contributed by atoms with Crippen molar-refractivity contribution in [2.24, 2.45) is 0 Å². The van der Waals surface area contributed by atoms with Gasteiger partial charge in [-0.15, -0.1) is 16.9 Å². The molecule has 2 aromatic carbocycles. The number of para-hydroxylation sites is 1. The second-order valence-electron chi connectivity index (χ2n) is 8.13. The first-order valence-corrected chi connectivity index (χ1v) is 12.1. The van der Waals surface area contributed by atoms with Gasteiger partial charge in [0.25, 0.3) is 5.91 Å². The van der Waals surface area contributed by atoms with Crippen molar-refractivity contribution in [3.8, 4) is 5.69 Å². The molecule has 0 bridgehead atoms. The van der Waals surface area contributed by atoms with Crippen molar-refractivity contribution < 1.29 is 9.32 Å². The highest BCUT2D eigenvalue weighted by Gasteiger charge is 2.24. The summed E-state index contributed by atoms with van der Waals surface area (Å²) in [5, 5.41) is 16.1. The van der Waals surface area contributed by atoms with Crippen LogP contribution in [0.2, 0.25) is 0 Å². The lowest BCUT2D eigenvalue weighted by molar-refractivity contribution is 0.0614. The van der Waals surface area contributed by atoms with Crippen LogP contribution in [0.15, 0.2) is 70.1 Å². The normalized spacial score (nSPS) is 14.4. The summed E-state index contributed by atoms with van der Waals surface area (Å²) in [6, 6.07) is 19.5. The molecule has 5 rings (SSSR count). The number of carbonyl (C=O) groups is 1. The minimum Gasteiger partial charge on any atom is -0.360 e. The van der Waals surface area contributed by atoms with E-state index in [-0.39, 0.29) is 5.91 Å². The van der Waals surface area contributed by atoms with Crippen LogP contribution in [0.1, 0.15) is 27.6 Å². The number of hydrogen-bond acceptors (Lipinski definition) is 8. The summed E-state index contributed by atoms with van der Waals surface area (Å²) in [5.41, 5.74) is 2.51. The smallest absolute Gasteiger partial charge is 0.255 e. The second kappa shape index (κ2) is 10.2. The molecule has 1 amide bonds. The fourth-order valence-electron chi connectivity index (χ4n) is 3.97.